The first-order valence-corrected chi connectivity index (χ1v) is 7.98. The number of hydrogen-bond donors (Lipinski definition) is 1. The summed E-state index contributed by atoms with van der Waals surface area (Å²) >= 11 is 0. The quantitative estimate of drug-likeness (QED) is 0.925. The molecule has 0 heterocycles. The number of benzene rings is 2. The van der Waals surface area contributed by atoms with Crippen molar-refractivity contribution in [1.82, 2.24) is 0 Å². The zero-order chi connectivity index (χ0) is 15.5. The number of anilines is 1. The molecule has 2 rings (SSSR count). The Morgan fingerprint density at radius 3 is 2.24 bits per heavy atom. The van der Waals surface area contributed by atoms with Gasteiger partial charge in [-0.3, -0.25) is 0 Å². The molecule has 0 aliphatic rings. The highest BCUT2D eigenvalue weighted by molar-refractivity contribution is 7.85. The van der Waals surface area contributed by atoms with Crippen LogP contribution in [0.5, 0.6) is 5.75 Å². The lowest BCUT2D eigenvalue weighted by Gasteiger charge is -2.22. The fourth-order valence-electron chi connectivity index (χ4n) is 1.95. The second-order valence-corrected chi connectivity index (χ2v) is 7.33. The van der Waals surface area contributed by atoms with Gasteiger partial charge in [0.05, 0.1) is 17.9 Å². The Hall–Kier alpha value is -1.81. The predicted octanol–water partition coefficient (Wildman–Crippen LogP) is 4.07. The van der Waals surface area contributed by atoms with Gasteiger partial charge in [-0.05, 0) is 63.2 Å². The van der Waals surface area contributed by atoms with Crippen LogP contribution in [0.4, 0.5) is 5.69 Å². The van der Waals surface area contributed by atoms with E-state index >= 15 is 0 Å². The second-order valence-electron chi connectivity index (χ2n) is 5.85. The van der Waals surface area contributed by atoms with Gasteiger partial charge in [0, 0.05) is 21.0 Å². The molecular weight excluding hydrogens is 282 g/mol. The van der Waals surface area contributed by atoms with Crippen molar-refractivity contribution in [3.05, 3.63) is 48.5 Å². The highest BCUT2D eigenvalue weighted by atomic mass is 32.2. The molecule has 2 aromatic rings. The Bertz CT molecular complexity index is 630. The van der Waals surface area contributed by atoms with Crippen molar-refractivity contribution in [2.24, 2.45) is 0 Å². The highest BCUT2D eigenvalue weighted by Crippen LogP contribution is 2.23. The molecule has 21 heavy (non-hydrogen) atoms. The van der Waals surface area contributed by atoms with Crippen molar-refractivity contribution in [1.29, 1.82) is 0 Å². The first-order valence-electron chi connectivity index (χ1n) is 6.83. The van der Waals surface area contributed by atoms with Crippen molar-refractivity contribution >= 4 is 16.5 Å². The van der Waals surface area contributed by atoms with E-state index in [4.69, 9.17) is 4.74 Å². The summed E-state index contributed by atoms with van der Waals surface area (Å²) in [6.45, 7) is 6.32. The largest absolute Gasteiger partial charge is 0.497 e. The molecule has 0 bridgehead atoms. The van der Waals surface area contributed by atoms with Crippen LogP contribution in [0.1, 0.15) is 20.8 Å². The summed E-state index contributed by atoms with van der Waals surface area (Å²) < 4.78 is 17.7. The van der Waals surface area contributed by atoms with Crippen LogP contribution in [0.15, 0.2) is 58.3 Å². The molecule has 2 aromatic carbocycles. The van der Waals surface area contributed by atoms with E-state index in [1.165, 1.54) is 0 Å². The van der Waals surface area contributed by atoms with Crippen LogP contribution >= 0.6 is 0 Å². The fraction of sp³-hybridized carbons (Fsp3) is 0.294. The molecular formula is C17H21NO2S. The summed E-state index contributed by atoms with van der Waals surface area (Å²) in [6.07, 6.45) is 0. The molecule has 1 atom stereocenters. The number of nitrogens with one attached hydrogen (secondary N) is 1. The molecule has 0 spiro atoms. The van der Waals surface area contributed by atoms with Crippen molar-refractivity contribution in [2.45, 2.75) is 36.1 Å². The Morgan fingerprint density at radius 2 is 1.67 bits per heavy atom. The van der Waals surface area contributed by atoms with E-state index in [2.05, 4.69) is 26.1 Å². The normalized spacial score (nSPS) is 12.8. The average molecular weight is 303 g/mol. The van der Waals surface area contributed by atoms with Crippen LogP contribution < -0.4 is 10.1 Å². The predicted molar refractivity (Wildman–Crippen MR) is 87.5 cm³/mol. The van der Waals surface area contributed by atoms with Crippen LogP contribution in [0, 0.1) is 0 Å². The Morgan fingerprint density at radius 1 is 1.00 bits per heavy atom. The molecule has 112 valence electrons. The molecule has 0 saturated carbocycles. The molecule has 3 nitrogen and oxygen atoms in total. The number of ether oxygens (including phenoxy) is 1. The third-order valence-corrected chi connectivity index (χ3v) is 4.23. The summed E-state index contributed by atoms with van der Waals surface area (Å²) in [5.74, 6) is 0.715. The number of hydrogen-bond acceptors (Lipinski definition) is 3. The molecule has 1 unspecified atom stereocenters. The fourth-order valence-corrected chi connectivity index (χ4v) is 3.03. The van der Waals surface area contributed by atoms with E-state index in [9.17, 15) is 4.21 Å². The van der Waals surface area contributed by atoms with Gasteiger partial charge in [0.25, 0.3) is 0 Å². The topological polar surface area (TPSA) is 38.3 Å². The van der Waals surface area contributed by atoms with Crippen LogP contribution in [-0.4, -0.2) is 16.9 Å². The second kappa shape index (κ2) is 6.31. The Balaban J connectivity index is 2.19. The van der Waals surface area contributed by atoms with Gasteiger partial charge >= 0.3 is 0 Å². The third kappa shape index (κ3) is 4.33. The SMILES string of the molecule is COc1cccc(S(=O)c2ccc(NC(C)(C)C)cc2)c1. The number of methoxy groups -OCH3 is 1. The van der Waals surface area contributed by atoms with Crippen molar-refractivity contribution in [3.8, 4) is 5.75 Å². The monoisotopic (exact) mass is 303 g/mol. The van der Waals surface area contributed by atoms with Crippen molar-refractivity contribution in [2.75, 3.05) is 12.4 Å². The van der Waals surface area contributed by atoms with Crippen LogP contribution in [0.25, 0.3) is 0 Å². The molecule has 0 aromatic heterocycles. The first kappa shape index (κ1) is 15.6. The van der Waals surface area contributed by atoms with Crippen LogP contribution in [0.2, 0.25) is 0 Å². The Kier molecular flexibility index (Phi) is 4.68. The van der Waals surface area contributed by atoms with E-state index in [0.29, 0.717) is 5.75 Å². The summed E-state index contributed by atoms with van der Waals surface area (Å²) in [4.78, 5) is 1.52. The molecule has 0 radical (unpaired) electrons. The third-order valence-electron chi connectivity index (χ3n) is 2.84. The van der Waals surface area contributed by atoms with E-state index in [-0.39, 0.29) is 5.54 Å². The van der Waals surface area contributed by atoms with E-state index in [1.807, 2.05) is 42.5 Å². The van der Waals surface area contributed by atoms with Gasteiger partial charge < -0.3 is 10.1 Å². The van der Waals surface area contributed by atoms with Crippen LogP contribution in [0.3, 0.4) is 0 Å². The number of rotatable bonds is 4. The van der Waals surface area contributed by atoms with E-state index in [1.54, 1.807) is 13.2 Å². The van der Waals surface area contributed by atoms with Crippen molar-refractivity contribution < 1.29 is 8.95 Å². The molecule has 0 amide bonds. The van der Waals surface area contributed by atoms with Gasteiger partial charge in [0.15, 0.2) is 0 Å². The zero-order valence-electron chi connectivity index (χ0n) is 12.8. The lowest BCUT2D eigenvalue weighted by Crippen LogP contribution is -2.25. The minimum absolute atomic E-state index is 0.00741. The summed E-state index contributed by atoms with van der Waals surface area (Å²) in [6, 6.07) is 15.0. The van der Waals surface area contributed by atoms with Gasteiger partial charge in [-0.25, -0.2) is 4.21 Å². The van der Waals surface area contributed by atoms with Gasteiger partial charge in [0.2, 0.25) is 0 Å². The van der Waals surface area contributed by atoms with Gasteiger partial charge in [-0.15, -0.1) is 0 Å². The summed E-state index contributed by atoms with van der Waals surface area (Å²) in [7, 11) is 0.408. The molecule has 0 fully saturated rings. The average Bonchev–Trinajstić information content (AvgIpc) is 2.46. The minimum atomic E-state index is -1.20. The summed E-state index contributed by atoms with van der Waals surface area (Å²) in [5.41, 5.74) is 1.03. The Labute approximate surface area is 128 Å². The highest BCUT2D eigenvalue weighted by Gasteiger charge is 2.11. The van der Waals surface area contributed by atoms with Crippen LogP contribution in [-0.2, 0) is 10.8 Å². The lowest BCUT2D eigenvalue weighted by molar-refractivity contribution is 0.413. The van der Waals surface area contributed by atoms with Crippen molar-refractivity contribution in [3.63, 3.8) is 0 Å². The smallest absolute Gasteiger partial charge is 0.120 e. The minimum Gasteiger partial charge on any atom is -0.497 e. The van der Waals surface area contributed by atoms with E-state index in [0.717, 1.165) is 15.5 Å². The van der Waals surface area contributed by atoms with Gasteiger partial charge in [0.1, 0.15) is 5.75 Å². The molecule has 0 aliphatic carbocycles. The maximum absolute atomic E-state index is 12.5. The standard InChI is InChI=1S/C17H21NO2S/c1-17(2,3)18-13-8-10-15(11-9-13)21(19)16-7-5-6-14(12-16)20-4/h5-12,18H,1-4H3. The molecule has 0 saturated heterocycles. The van der Waals surface area contributed by atoms with E-state index < -0.39 is 10.8 Å². The summed E-state index contributed by atoms with van der Waals surface area (Å²) in [5, 5.41) is 3.39. The molecule has 4 heteroatoms. The maximum Gasteiger partial charge on any atom is 0.120 e. The van der Waals surface area contributed by atoms with Gasteiger partial charge in [-0.1, -0.05) is 6.07 Å². The molecule has 1 N–H and O–H groups in total. The molecule has 0 aliphatic heterocycles. The van der Waals surface area contributed by atoms with Gasteiger partial charge in [-0.2, -0.15) is 0 Å². The lowest BCUT2D eigenvalue weighted by atomic mass is 10.1. The maximum atomic E-state index is 12.5. The zero-order valence-corrected chi connectivity index (χ0v) is 13.7. The first-order chi connectivity index (χ1) is 9.89.